The quantitative estimate of drug-likeness (QED) is 0.712. The highest BCUT2D eigenvalue weighted by Gasteiger charge is 2.42. The van der Waals surface area contributed by atoms with Gasteiger partial charge >= 0.3 is 0 Å². The molecule has 1 aromatic carbocycles. The van der Waals surface area contributed by atoms with Gasteiger partial charge in [0.25, 0.3) is 5.56 Å². The molecule has 94 valence electrons. The standard InChI is InChI=1S/C15H17NO2/c1-9-15(2,3)12-13(18-9)10-7-5-6-8-11(10)16(4)14(12)17/h5-9H,1-4H3/t9-/m1/s1. The van der Waals surface area contributed by atoms with E-state index in [9.17, 15) is 4.79 Å². The van der Waals surface area contributed by atoms with Crippen LogP contribution < -0.4 is 10.3 Å². The molecule has 3 heteroatoms. The lowest BCUT2D eigenvalue weighted by Crippen LogP contribution is -2.34. The van der Waals surface area contributed by atoms with Crippen molar-refractivity contribution in [2.45, 2.75) is 32.3 Å². The molecule has 1 aromatic heterocycles. The maximum Gasteiger partial charge on any atom is 0.258 e. The Morgan fingerprint density at radius 2 is 1.94 bits per heavy atom. The Morgan fingerprint density at radius 3 is 2.67 bits per heavy atom. The summed E-state index contributed by atoms with van der Waals surface area (Å²) < 4.78 is 7.68. The van der Waals surface area contributed by atoms with Crippen LogP contribution >= 0.6 is 0 Å². The van der Waals surface area contributed by atoms with Crippen molar-refractivity contribution in [3.8, 4) is 5.75 Å². The van der Waals surface area contributed by atoms with E-state index in [-0.39, 0.29) is 17.1 Å². The number of hydrogen-bond donors (Lipinski definition) is 0. The second-order valence-corrected chi connectivity index (χ2v) is 5.57. The van der Waals surface area contributed by atoms with E-state index in [2.05, 4.69) is 13.8 Å². The summed E-state index contributed by atoms with van der Waals surface area (Å²) in [5, 5.41) is 1.02. The van der Waals surface area contributed by atoms with Crippen LogP contribution in [0.4, 0.5) is 0 Å². The van der Waals surface area contributed by atoms with Crippen molar-refractivity contribution in [1.29, 1.82) is 0 Å². The molecule has 18 heavy (non-hydrogen) atoms. The van der Waals surface area contributed by atoms with E-state index >= 15 is 0 Å². The Labute approximate surface area is 106 Å². The first-order chi connectivity index (χ1) is 8.44. The van der Waals surface area contributed by atoms with E-state index in [0.29, 0.717) is 0 Å². The van der Waals surface area contributed by atoms with Gasteiger partial charge in [0.2, 0.25) is 0 Å². The largest absolute Gasteiger partial charge is 0.489 e. The normalized spacial score (nSPS) is 20.8. The molecule has 1 aliphatic heterocycles. The van der Waals surface area contributed by atoms with E-state index < -0.39 is 0 Å². The molecule has 1 atom stereocenters. The molecule has 2 heterocycles. The predicted octanol–water partition coefficient (Wildman–Crippen LogP) is 2.60. The van der Waals surface area contributed by atoms with Gasteiger partial charge in [-0.3, -0.25) is 4.79 Å². The first-order valence-corrected chi connectivity index (χ1v) is 6.23. The predicted molar refractivity (Wildman–Crippen MR) is 72.3 cm³/mol. The van der Waals surface area contributed by atoms with Crippen LogP contribution in [-0.4, -0.2) is 10.7 Å². The van der Waals surface area contributed by atoms with Gasteiger partial charge in [-0.05, 0) is 19.1 Å². The number of fused-ring (bicyclic) bond motifs is 3. The molecule has 0 N–H and O–H groups in total. The van der Waals surface area contributed by atoms with Gasteiger partial charge in [-0.25, -0.2) is 0 Å². The lowest BCUT2D eigenvalue weighted by molar-refractivity contribution is 0.187. The van der Waals surface area contributed by atoms with Crippen molar-refractivity contribution < 1.29 is 4.74 Å². The van der Waals surface area contributed by atoms with Crippen LogP contribution in [0.15, 0.2) is 29.1 Å². The third-order valence-electron chi connectivity index (χ3n) is 4.21. The molecule has 0 bridgehead atoms. The van der Waals surface area contributed by atoms with Gasteiger partial charge in [0.1, 0.15) is 11.9 Å². The number of ether oxygens (including phenoxy) is 1. The summed E-state index contributed by atoms with van der Waals surface area (Å²) in [4.78, 5) is 12.5. The molecular weight excluding hydrogens is 226 g/mol. The molecule has 0 aliphatic carbocycles. The zero-order chi connectivity index (χ0) is 13.1. The molecule has 0 radical (unpaired) electrons. The van der Waals surface area contributed by atoms with Gasteiger partial charge in [-0.2, -0.15) is 0 Å². The Balaban J connectivity index is 2.53. The van der Waals surface area contributed by atoms with Crippen LogP contribution in [0, 0.1) is 0 Å². The zero-order valence-corrected chi connectivity index (χ0v) is 11.2. The van der Waals surface area contributed by atoms with Crippen molar-refractivity contribution in [2.75, 3.05) is 0 Å². The van der Waals surface area contributed by atoms with Gasteiger partial charge in [-0.1, -0.05) is 26.0 Å². The highest BCUT2D eigenvalue weighted by molar-refractivity contribution is 5.87. The minimum atomic E-state index is -0.242. The van der Waals surface area contributed by atoms with E-state index in [1.807, 2.05) is 38.2 Å². The van der Waals surface area contributed by atoms with Gasteiger partial charge in [0.15, 0.2) is 0 Å². The molecule has 0 unspecified atom stereocenters. The Morgan fingerprint density at radius 1 is 1.28 bits per heavy atom. The Hall–Kier alpha value is -1.77. The number of pyridine rings is 1. The molecule has 0 saturated carbocycles. The van der Waals surface area contributed by atoms with Crippen LogP contribution in [0.1, 0.15) is 26.3 Å². The van der Waals surface area contributed by atoms with E-state index in [4.69, 9.17) is 4.74 Å². The summed E-state index contributed by atoms with van der Waals surface area (Å²) in [6.07, 6.45) is 0.0195. The number of nitrogens with zero attached hydrogens (tertiary/aromatic N) is 1. The summed E-state index contributed by atoms with van der Waals surface area (Å²) in [7, 11) is 1.82. The molecule has 0 saturated heterocycles. The molecule has 0 fully saturated rings. The average Bonchev–Trinajstić information content (AvgIpc) is 2.58. The maximum atomic E-state index is 12.5. The molecule has 0 amide bonds. The fraction of sp³-hybridized carbons (Fsp3) is 0.400. The second-order valence-electron chi connectivity index (χ2n) is 5.57. The summed E-state index contributed by atoms with van der Waals surface area (Å²) >= 11 is 0. The topological polar surface area (TPSA) is 31.2 Å². The van der Waals surface area contributed by atoms with Crippen LogP contribution in [0.3, 0.4) is 0 Å². The number of hydrogen-bond acceptors (Lipinski definition) is 2. The summed E-state index contributed by atoms with van der Waals surface area (Å²) in [6, 6.07) is 7.89. The van der Waals surface area contributed by atoms with Crippen molar-refractivity contribution in [2.24, 2.45) is 7.05 Å². The van der Waals surface area contributed by atoms with Gasteiger partial charge in [-0.15, -0.1) is 0 Å². The number of rotatable bonds is 0. The molecular formula is C15H17NO2. The summed E-state index contributed by atoms with van der Waals surface area (Å²) in [5.74, 6) is 0.770. The SMILES string of the molecule is C[C@H]1Oc2c(c(=O)n(C)c3ccccc23)C1(C)C. The molecule has 3 nitrogen and oxygen atoms in total. The molecule has 2 aromatic rings. The molecule has 0 spiro atoms. The smallest absolute Gasteiger partial charge is 0.258 e. The highest BCUT2D eigenvalue weighted by atomic mass is 16.5. The van der Waals surface area contributed by atoms with Crippen LogP contribution in [0.25, 0.3) is 10.9 Å². The minimum absolute atomic E-state index is 0.0195. The van der Waals surface area contributed by atoms with Crippen molar-refractivity contribution >= 4 is 10.9 Å². The highest BCUT2D eigenvalue weighted by Crippen LogP contribution is 2.43. The number of aryl methyl sites for hydroxylation is 1. The molecule has 3 rings (SSSR count). The lowest BCUT2D eigenvalue weighted by atomic mass is 9.82. The first-order valence-electron chi connectivity index (χ1n) is 6.23. The summed E-state index contributed by atoms with van der Waals surface area (Å²) in [6.45, 7) is 6.16. The average molecular weight is 243 g/mol. The van der Waals surface area contributed by atoms with Gasteiger partial charge in [0, 0.05) is 17.8 Å². The second kappa shape index (κ2) is 3.37. The number of aromatic nitrogens is 1. The number of benzene rings is 1. The maximum absolute atomic E-state index is 12.5. The van der Waals surface area contributed by atoms with Crippen molar-refractivity contribution in [3.63, 3.8) is 0 Å². The first kappa shape index (κ1) is 11.3. The van der Waals surface area contributed by atoms with Gasteiger partial charge in [0.05, 0.1) is 11.1 Å². The lowest BCUT2D eigenvalue weighted by Gasteiger charge is -2.21. The monoisotopic (exact) mass is 243 g/mol. The Bertz CT molecular complexity index is 697. The van der Waals surface area contributed by atoms with E-state index in [0.717, 1.165) is 22.2 Å². The third-order valence-corrected chi connectivity index (χ3v) is 4.21. The molecule has 1 aliphatic rings. The van der Waals surface area contributed by atoms with Crippen LogP contribution in [0.2, 0.25) is 0 Å². The number of para-hydroxylation sites is 1. The van der Waals surface area contributed by atoms with E-state index in [1.54, 1.807) is 4.57 Å². The summed E-state index contributed by atoms with van der Waals surface area (Å²) in [5.41, 5.74) is 1.54. The third kappa shape index (κ3) is 1.22. The van der Waals surface area contributed by atoms with Crippen molar-refractivity contribution in [1.82, 2.24) is 4.57 Å². The van der Waals surface area contributed by atoms with Crippen molar-refractivity contribution in [3.05, 3.63) is 40.2 Å². The Kier molecular flexibility index (Phi) is 2.12. The fourth-order valence-corrected chi connectivity index (χ4v) is 2.68. The van der Waals surface area contributed by atoms with Gasteiger partial charge < -0.3 is 9.30 Å². The van der Waals surface area contributed by atoms with Crippen LogP contribution in [-0.2, 0) is 12.5 Å². The van der Waals surface area contributed by atoms with Crippen LogP contribution in [0.5, 0.6) is 5.75 Å². The zero-order valence-electron chi connectivity index (χ0n) is 11.2. The van der Waals surface area contributed by atoms with E-state index in [1.165, 1.54) is 0 Å². The fourth-order valence-electron chi connectivity index (χ4n) is 2.68. The minimum Gasteiger partial charge on any atom is -0.489 e.